The monoisotopic (exact) mass is 295 g/mol. The van der Waals surface area contributed by atoms with Gasteiger partial charge in [0.25, 0.3) is 0 Å². The second kappa shape index (κ2) is 7.98. The molecule has 0 heterocycles. The SMILES string of the molecule is CCNC(C)(CCCN(CC)c1ccc(F)cc1)C(N)=O. The number of amides is 1. The van der Waals surface area contributed by atoms with Crippen LogP contribution in [0.15, 0.2) is 24.3 Å². The third-order valence-electron chi connectivity index (χ3n) is 3.79. The molecule has 1 atom stereocenters. The maximum Gasteiger partial charge on any atom is 0.237 e. The number of nitrogens with zero attached hydrogens (tertiary/aromatic N) is 1. The van der Waals surface area contributed by atoms with Crippen LogP contribution in [0.2, 0.25) is 0 Å². The van der Waals surface area contributed by atoms with Crippen molar-refractivity contribution in [2.45, 2.75) is 39.2 Å². The fourth-order valence-corrected chi connectivity index (χ4v) is 2.43. The van der Waals surface area contributed by atoms with Gasteiger partial charge in [-0.05, 0) is 57.5 Å². The number of anilines is 1. The van der Waals surface area contributed by atoms with Crippen LogP contribution in [0.3, 0.4) is 0 Å². The summed E-state index contributed by atoms with van der Waals surface area (Å²) < 4.78 is 13.0. The lowest BCUT2D eigenvalue weighted by Gasteiger charge is -2.29. The Labute approximate surface area is 126 Å². The average Bonchev–Trinajstić information content (AvgIpc) is 2.45. The molecule has 4 nitrogen and oxygen atoms in total. The van der Waals surface area contributed by atoms with E-state index in [4.69, 9.17) is 5.73 Å². The number of nitrogens with two attached hydrogens (primary N) is 1. The number of nitrogens with one attached hydrogen (secondary N) is 1. The molecule has 118 valence electrons. The van der Waals surface area contributed by atoms with E-state index in [1.807, 2.05) is 13.8 Å². The Balaban J connectivity index is 2.59. The molecule has 0 saturated carbocycles. The van der Waals surface area contributed by atoms with Crippen molar-refractivity contribution in [1.29, 1.82) is 0 Å². The molecule has 0 aromatic heterocycles. The highest BCUT2D eigenvalue weighted by molar-refractivity contribution is 5.84. The van der Waals surface area contributed by atoms with Crippen LogP contribution in [-0.4, -0.2) is 31.1 Å². The summed E-state index contributed by atoms with van der Waals surface area (Å²) in [4.78, 5) is 13.7. The number of carbonyl (C=O) groups is 1. The molecule has 21 heavy (non-hydrogen) atoms. The summed E-state index contributed by atoms with van der Waals surface area (Å²) in [5.41, 5.74) is 5.80. The molecule has 0 aliphatic carbocycles. The van der Waals surface area contributed by atoms with Gasteiger partial charge >= 0.3 is 0 Å². The quantitative estimate of drug-likeness (QED) is 0.735. The average molecular weight is 295 g/mol. The van der Waals surface area contributed by atoms with E-state index in [-0.39, 0.29) is 11.7 Å². The molecule has 0 aliphatic rings. The zero-order valence-electron chi connectivity index (χ0n) is 13.2. The molecule has 0 aliphatic heterocycles. The van der Waals surface area contributed by atoms with Crippen LogP contribution in [0, 0.1) is 5.82 Å². The van der Waals surface area contributed by atoms with Gasteiger partial charge in [0.1, 0.15) is 5.82 Å². The molecule has 0 radical (unpaired) electrons. The third kappa shape index (κ3) is 5.01. The lowest BCUT2D eigenvalue weighted by atomic mass is 9.94. The summed E-state index contributed by atoms with van der Waals surface area (Å²) in [6.45, 7) is 8.19. The van der Waals surface area contributed by atoms with Gasteiger partial charge in [0.05, 0.1) is 5.54 Å². The van der Waals surface area contributed by atoms with E-state index in [2.05, 4.69) is 17.1 Å². The van der Waals surface area contributed by atoms with Crippen LogP contribution >= 0.6 is 0 Å². The number of carbonyl (C=O) groups excluding carboxylic acids is 1. The molecule has 3 N–H and O–H groups in total. The van der Waals surface area contributed by atoms with Crippen molar-refractivity contribution >= 4 is 11.6 Å². The first kappa shape index (κ1) is 17.4. The number of hydrogen-bond acceptors (Lipinski definition) is 3. The maximum atomic E-state index is 13.0. The minimum atomic E-state index is -0.670. The fourth-order valence-electron chi connectivity index (χ4n) is 2.43. The highest BCUT2D eigenvalue weighted by Gasteiger charge is 2.29. The first-order valence-corrected chi connectivity index (χ1v) is 7.48. The van der Waals surface area contributed by atoms with Crippen LogP contribution in [-0.2, 0) is 4.79 Å². The highest BCUT2D eigenvalue weighted by atomic mass is 19.1. The van der Waals surface area contributed by atoms with E-state index in [0.29, 0.717) is 13.0 Å². The van der Waals surface area contributed by atoms with Crippen LogP contribution in [0.1, 0.15) is 33.6 Å². The number of hydrogen-bond donors (Lipinski definition) is 2. The van der Waals surface area contributed by atoms with E-state index in [0.717, 1.165) is 25.2 Å². The molecule has 1 amide bonds. The molecular formula is C16H26FN3O. The van der Waals surface area contributed by atoms with Crippen molar-refractivity contribution in [3.8, 4) is 0 Å². The number of halogens is 1. The number of benzene rings is 1. The van der Waals surface area contributed by atoms with E-state index in [1.165, 1.54) is 12.1 Å². The van der Waals surface area contributed by atoms with Crippen molar-refractivity contribution < 1.29 is 9.18 Å². The van der Waals surface area contributed by atoms with E-state index >= 15 is 0 Å². The van der Waals surface area contributed by atoms with Gasteiger partial charge in [0.2, 0.25) is 5.91 Å². The first-order chi connectivity index (χ1) is 9.92. The Morgan fingerprint density at radius 1 is 1.33 bits per heavy atom. The topological polar surface area (TPSA) is 58.4 Å². The van der Waals surface area contributed by atoms with Gasteiger partial charge in [-0.2, -0.15) is 0 Å². The summed E-state index contributed by atoms with van der Waals surface area (Å²) >= 11 is 0. The molecule has 5 heteroatoms. The van der Waals surface area contributed by atoms with Crippen molar-refractivity contribution in [1.82, 2.24) is 5.32 Å². The minimum Gasteiger partial charge on any atom is -0.372 e. The van der Waals surface area contributed by atoms with Crippen molar-refractivity contribution in [2.24, 2.45) is 5.73 Å². The van der Waals surface area contributed by atoms with Crippen molar-refractivity contribution in [3.05, 3.63) is 30.1 Å². The Morgan fingerprint density at radius 3 is 2.43 bits per heavy atom. The lowest BCUT2D eigenvalue weighted by Crippen LogP contribution is -2.53. The zero-order chi connectivity index (χ0) is 15.9. The number of likely N-dealkylation sites (N-methyl/N-ethyl adjacent to an activating group) is 1. The van der Waals surface area contributed by atoms with Crippen LogP contribution in [0.5, 0.6) is 0 Å². The van der Waals surface area contributed by atoms with Gasteiger partial charge in [-0.1, -0.05) is 6.92 Å². The molecule has 0 fully saturated rings. The van der Waals surface area contributed by atoms with Crippen LogP contribution < -0.4 is 16.0 Å². The van der Waals surface area contributed by atoms with Gasteiger partial charge in [-0.15, -0.1) is 0 Å². The number of primary amides is 1. The molecule has 0 bridgehead atoms. The summed E-state index contributed by atoms with van der Waals surface area (Å²) in [5.74, 6) is -0.558. The predicted molar refractivity (Wildman–Crippen MR) is 84.8 cm³/mol. The Bertz CT molecular complexity index is 449. The summed E-state index contributed by atoms with van der Waals surface area (Å²) in [6, 6.07) is 6.47. The zero-order valence-corrected chi connectivity index (χ0v) is 13.2. The number of rotatable bonds is 9. The lowest BCUT2D eigenvalue weighted by molar-refractivity contribution is -0.124. The molecule has 1 aromatic carbocycles. The van der Waals surface area contributed by atoms with Gasteiger partial charge in [-0.3, -0.25) is 4.79 Å². The Morgan fingerprint density at radius 2 is 1.95 bits per heavy atom. The van der Waals surface area contributed by atoms with Gasteiger partial charge in [-0.25, -0.2) is 4.39 Å². The summed E-state index contributed by atoms with van der Waals surface area (Å²) in [5, 5.41) is 3.15. The molecular weight excluding hydrogens is 269 g/mol. The van der Waals surface area contributed by atoms with Crippen LogP contribution in [0.4, 0.5) is 10.1 Å². The fraction of sp³-hybridized carbons (Fsp3) is 0.562. The maximum absolute atomic E-state index is 13.0. The second-order valence-electron chi connectivity index (χ2n) is 5.39. The van der Waals surface area contributed by atoms with E-state index < -0.39 is 5.54 Å². The first-order valence-electron chi connectivity index (χ1n) is 7.48. The summed E-state index contributed by atoms with van der Waals surface area (Å²) in [7, 11) is 0. The Hall–Kier alpha value is -1.62. The highest BCUT2D eigenvalue weighted by Crippen LogP contribution is 2.17. The van der Waals surface area contributed by atoms with Crippen molar-refractivity contribution in [2.75, 3.05) is 24.5 Å². The molecule has 1 unspecified atom stereocenters. The smallest absolute Gasteiger partial charge is 0.237 e. The molecule has 1 aromatic rings. The largest absolute Gasteiger partial charge is 0.372 e. The molecule has 0 spiro atoms. The summed E-state index contributed by atoms with van der Waals surface area (Å²) in [6.07, 6.45) is 1.51. The van der Waals surface area contributed by atoms with Crippen molar-refractivity contribution in [3.63, 3.8) is 0 Å². The standard InChI is InChI=1S/C16H26FN3O/c1-4-19-16(3,15(18)21)11-6-12-20(5-2)14-9-7-13(17)8-10-14/h7-10,19H,4-6,11-12H2,1-3H3,(H2,18,21). The van der Waals surface area contributed by atoms with Crippen LogP contribution in [0.25, 0.3) is 0 Å². The predicted octanol–water partition coefficient (Wildman–Crippen LogP) is 2.29. The van der Waals surface area contributed by atoms with Gasteiger partial charge in [0, 0.05) is 18.8 Å². The molecule has 1 rings (SSSR count). The van der Waals surface area contributed by atoms with Gasteiger partial charge < -0.3 is 16.0 Å². The second-order valence-corrected chi connectivity index (χ2v) is 5.39. The Kier molecular flexibility index (Phi) is 6.62. The third-order valence-corrected chi connectivity index (χ3v) is 3.79. The minimum absolute atomic E-state index is 0.233. The van der Waals surface area contributed by atoms with Gasteiger partial charge in [0.15, 0.2) is 0 Å². The van der Waals surface area contributed by atoms with E-state index in [9.17, 15) is 9.18 Å². The van der Waals surface area contributed by atoms with E-state index in [1.54, 1.807) is 12.1 Å². The normalized spacial score (nSPS) is 13.7. The molecule has 0 saturated heterocycles.